The molecule has 0 aliphatic rings. The number of aliphatic hydroxyl groups is 1. The van der Waals surface area contributed by atoms with Gasteiger partial charge in [0.15, 0.2) is 0 Å². The quantitative estimate of drug-likeness (QED) is 0.751. The average molecular weight is 197 g/mol. The van der Waals surface area contributed by atoms with Crippen LogP contribution < -0.4 is 5.32 Å². The van der Waals surface area contributed by atoms with Crippen LogP contribution in [0.4, 0.5) is 5.95 Å². The minimum absolute atomic E-state index is 0.118. The number of aromatic nitrogens is 2. The van der Waals surface area contributed by atoms with E-state index in [9.17, 15) is 0 Å². The van der Waals surface area contributed by atoms with Crippen molar-refractivity contribution in [2.75, 3.05) is 11.9 Å². The SMILES string of the molecule is CCn1ccnc1NC(C)(C)CCO. The van der Waals surface area contributed by atoms with Crippen LogP contribution in [-0.2, 0) is 6.54 Å². The predicted molar refractivity (Wildman–Crippen MR) is 57.3 cm³/mol. The molecule has 0 fully saturated rings. The largest absolute Gasteiger partial charge is 0.396 e. The van der Waals surface area contributed by atoms with E-state index in [4.69, 9.17) is 5.11 Å². The third-order valence-corrected chi connectivity index (χ3v) is 2.24. The molecule has 1 heterocycles. The lowest BCUT2D eigenvalue weighted by Crippen LogP contribution is -2.33. The molecule has 0 aliphatic heterocycles. The summed E-state index contributed by atoms with van der Waals surface area (Å²) in [6.45, 7) is 7.27. The van der Waals surface area contributed by atoms with Gasteiger partial charge in [-0.05, 0) is 27.2 Å². The van der Waals surface area contributed by atoms with E-state index in [1.54, 1.807) is 6.20 Å². The third-order valence-electron chi connectivity index (χ3n) is 2.24. The zero-order valence-electron chi connectivity index (χ0n) is 9.12. The maximum Gasteiger partial charge on any atom is 0.203 e. The molecule has 1 rings (SSSR count). The van der Waals surface area contributed by atoms with Crippen LogP contribution in [0.25, 0.3) is 0 Å². The number of nitrogens with zero attached hydrogens (tertiary/aromatic N) is 2. The first-order chi connectivity index (χ1) is 6.59. The summed E-state index contributed by atoms with van der Waals surface area (Å²) >= 11 is 0. The molecular weight excluding hydrogens is 178 g/mol. The predicted octanol–water partition coefficient (Wildman–Crippen LogP) is 1.48. The molecular formula is C10H19N3O. The Bertz CT molecular complexity index is 281. The molecule has 0 aromatic carbocycles. The summed E-state index contributed by atoms with van der Waals surface area (Å²) in [5, 5.41) is 12.2. The molecule has 0 unspecified atom stereocenters. The van der Waals surface area contributed by atoms with E-state index in [-0.39, 0.29) is 12.1 Å². The van der Waals surface area contributed by atoms with Crippen molar-refractivity contribution >= 4 is 5.95 Å². The topological polar surface area (TPSA) is 50.1 Å². The van der Waals surface area contributed by atoms with Gasteiger partial charge in [-0.15, -0.1) is 0 Å². The summed E-state index contributed by atoms with van der Waals surface area (Å²) in [6, 6.07) is 0. The summed E-state index contributed by atoms with van der Waals surface area (Å²) in [6.07, 6.45) is 4.43. The van der Waals surface area contributed by atoms with Crippen LogP contribution in [0, 0.1) is 0 Å². The van der Waals surface area contributed by atoms with Crippen molar-refractivity contribution < 1.29 is 5.11 Å². The van der Waals surface area contributed by atoms with Crippen LogP contribution in [0.15, 0.2) is 12.4 Å². The second kappa shape index (κ2) is 4.46. The fraction of sp³-hybridized carbons (Fsp3) is 0.700. The number of hydrogen-bond acceptors (Lipinski definition) is 3. The fourth-order valence-corrected chi connectivity index (χ4v) is 1.33. The second-order valence-electron chi connectivity index (χ2n) is 4.02. The fourth-order valence-electron chi connectivity index (χ4n) is 1.33. The van der Waals surface area contributed by atoms with Crippen LogP contribution in [0.5, 0.6) is 0 Å². The number of imidazole rings is 1. The first kappa shape index (κ1) is 11.0. The molecule has 0 saturated carbocycles. The molecule has 0 spiro atoms. The zero-order valence-corrected chi connectivity index (χ0v) is 9.12. The summed E-state index contributed by atoms with van der Waals surface area (Å²) in [7, 11) is 0. The van der Waals surface area contributed by atoms with Crippen molar-refractivity contribution in [3.05, 3.63) is 12.4 Å². The standard InChI is InChI=1S/C10H19N3O/c1-4-13-7-6-11-9(13)12-10(2,3)5-8-14/h6-7,14H,4-5,8H2,1-3H3,(H,11,12). The van der Waals surface area contributed by atoms with Gasteiger partial charge in [0.05, 0.1) is 0 Å². The number of anilines is 1. The van der Waals surface area contributed by atoms with Crippen molar-refractivity contribution in [2.45, 2.75) is 39.3 Å². The van der Waals surface area contributed by atoms with Gasteiger partial charge in [0.2, 0.25) is 5.95 Å². The molecule has 0 radical (unpaired) electrons. The molecule has 4 nitrogen and oxygen atoms in total. The Hall–Kier alpha value is -1.03. The molecule has 80 valence electrons. The number of aryl methyl sites for hydroxylation is 1. The van der Waals surface area contributed by atoms with Gasteiger partial charge >= 0.3 is 0 Å². The van der Waals surface area contributed by atoms with Crippen molar-refractivity contribution in [1.82, 2.24) is 9.55 Å². The minimum atomic E-state index is -0.118. The lowest BCUT2D eigenvalue weighted by atomic mass is 10.0. The van der Waals surface area contributed by atoms with Crippen molar-refractivity contribution in [3.8, 4) is 0 Å². The molecule has 0 aliphatic carbocycles. The Kier molecular flexibility index (Phi) is 3.52. The van der Waals surface area contributed by atoms with Crippen molar-refractivity contribution in [3.63, 3.8) is 0 Å². The van der Waals surface area contributed by atoms with Crippen LogP contribution in [0.3, 0.4) is 0 Å². The lowest BCUT2D eigenvalue weighted by molar-refractivity contribution is 0.260. The Morgan fingerprint density at radius 3 is 2.86 bits per heavy atom. The Balaban J connectivity index is 2.67. The van der Waals surface area contributed by atoms with E-state index in [1.807, 2.05) is 10.8 Å². The number of nitrogens with one attached hydrogen (secondary N) is 1. The highest BCUT2D eigenvalue weighted by Gasteiger charge is 2.18. The smallest absolute Gasteiger partial charge is 0.203 e. The lowest BCUT2D eigenvalue weighted by Gasteiger charge is -2.26. The van der Waals surface area contributed by atoms with E-state index in [0.717, 1.165) is 12.5 Å². The van der Waals surface area contributed by atoms with Gasteiger partial charge in [-0.3, -0.25) is 0 Å². The first-order valence-corrected chi connectivity index (χ1v) is 4.99. The number of aliphatic hydroxyl groups excluding tert-OH is 1. The van der Waals surface area contributed by atoms with E-state index in [1.165, 1.54) is 0 Å². The van der Waals surface area contributed by atoms with Crippen molar-refractivity contribution in [1.29, 1.82) is 0 Å². The molecule has 0 saturated heterocycles. The van der Waals surface area contributed by atoms with E-state index in [0.29, 0.717) is 6.42 Å². The first-order valence-electron chi connectivity index (χ1n) is 4.99. The molecule has 1 aromatic heterocycles. The normalized spacial score (nSPS) is 11.7. The van der Waals surface area contributed by atoms with Gasteiger partial charge in [0.1, 0.15) is 0 Å². The summed E-state index contributed by atoms with van der Waals surface area (Å²) in [5.74, 6) is 0.867. The van der Waals surface area contributed by atoms with E-state index < -0.39 is 0 Å². The minimum Gasteiger partial charge on any atom is -0.396 e. The maximum atomic E-state index is 8.89. The van der Waals surface area contributed by atoms with E-state index in [2.05, 4.69) is 31.1 Å². The highest BCUT2D eigenvalue weighted by molar-refractivity contribution is 5.29. The summed E-state index contributed by atoms with van der Waals surface area (Å²) in [4.78, 5) is 4.22. The second-order valence-corrected chi connectivity index (χ2v) is 4.02. The molecule has 0 amide bonds. The number of rotatable bonds is 5. The van der Waals surface area contributed by atoms with Gasteiger partial charge in [-0.1, -0.05) is 0 Å². The van der Waals surface area contributed by atoms with Gasteiger partial charge in [-0.25, -0.2) is 4.98 Å². The van der Waals surface area contributed by atoms with Gasteiger partial charge < -0.3 is 15.0 Å². The molecule has 0 atom stereocenters. The molecule has 0 bridgehead atoms. The monoisotopic (exact) mass is 197 g/mol. The van der Waals surface area contributed by atoms with Gasteiger partial charge in [-0.2, -0.15) is 0 Å². The Labute approximate surface area is 85.0 Å². The van der Waals surface area contributed by atoms with Crippen LogP contribution in [0.1, 0.15) is 27.2 Å². The highest BCUT2D eigenvalue weighted by atomic mass is 16.3. The molecule has 14 heavy (non-hydrogen) atoms. The molecule has 2 N–H and O–H groups in total. The van der Waals surface area contributed by atoms with E-state index >= 15 is 0 Å². The van der Waals surface area contributed by atoms with Crippen LogP contribution in [-0.4, -0.2) is 26.8 Å². The molecule has 1 aromatic rings. The van der Waals surface area contributed by atoms with Crippen LogP contribution in [0.2, 0.25) is 0 Å². The summed E-state index contributed by atoms with van der Waals surface area (Å²) < 4.78 is 2.04. The third kappa shape index (κ3) is 2.73. The molecule has 4 heteroatoms. The van der Waals surface area contributed by atoms with Gasteiger partial charge in [0.25, 0.3) is 0 Å². The van der Waals surface area contributed by atoms with Gasteiger partial charge in [0, 0.05) is 31.1 Å². The Morgan fingerprint density at radius 1 is 1.57 bits per heavy atom. The Morgan fingerprint density at radius 2 is 2.29 bits per heavy atom. The highest BCUT2D eigenvalue weighted by Crippen LogP contribution is 2.16. The average Bonchev–Trinajstić information content (AvgIpc) is 2.50. The maximum absolute atomic E-state index is 8.89. The van der Waals surface area contributed by atoms with Crippen LogP contribution >= 0.6 is 0 Å². The summed E-state index contributed by atoms with van der Waals surface area (Å²) in [5.41, 5.74) is -0.118. The number of hydrogen-bond donors (Lipinski definition) is 2. The van der Waals surface area contributed by atoms with Crippen molar-refractivity contribution in [2.24, 2.45) is 0 Å². The zero-order chi connectivity index (χ0) is 10.6.